The molecule has 0 spiro atoms. The highest BCUT2D eigenvalue weighted by Crippen LogP contribution is 2.27. The Labute approximate surface area is 117 Å². The van der Waals surface area contributed by atoms with Gasteiger partial charge in [-0.1, -0.05) is 6.92 Å². The topological polar surface area (TPSA) is 89.9 Å². The van der Waals surface area contributed by atoms with Crippen LogP contribution in [0.2, 0.25) is 0 Å². The minimum absolute atomic E-state index is 0.0244. The predicted octanol–water partition coefficient (Wildman–Crippen LogP) is 2.35. The Hall–Kier alpha value is -2.24. The summed E-state index contributed by atoms with van der Waals surface area (Å²) >= 11 is 0. The number of nitrogens with one attached hydrogen (secondary N) is 1. The van der Waals surface area contributed by atoms with Crippen LogP contribution in [0.5, 0.6) is 5.75 Å². The zero-order valence-corrected chi connectivity index (χ0v) is 11.5. The molecule has 1 fully saturated rings. The van der Waals surface area contributed by atoms with Crippen LogP contribution in [-0.4, -0.2) is 39.7 Å². The quantitative estimate of drug-likeness (QED) is 0.724. The number of rotatable bonds is 2. The van der Waals surface area contributed by atoms with Crippen LogP contribution in [0, 0.1) is 5.92 Å². The number of carbonyl (C=O) groups is 2. The molecule has 1 aromatic rings. The van der Waals surface area contributed by atoms with E-state index in [4.69, 9.17) is 5.11 Å². The van der Waals surface area contributed by atoms with Crippen LogP contribution in [0.25, 0.3) is 0 Å². The zero-order chi connectivity index (χ0) is 14.9. The Bertz CT molecular complexity index is 544. The van der Waals surface area contributed by atoms with E-state index in [2.05, 4.69) is 12.2 Å². The summed E-state index contributed by atoms with van der Waals surface area (Å²) in [4.78, 5) is 24.6. The van der Waals surface area contributed by atoms with E-state index >= 15 is 0 Å². The lowest BCUT2D eigenvalue weighted by atomic mass is 10.1. The number of amides is 2. The van der Waals surface area contributed by atoms with Crippen LogP contribution in [0.1, 0.15) is 30.6 Å². The van der Waals surface area contributed by atoms with Crippen LogP contribution < -0.4 is 5.32 Å². The number of carboxylic acid groups (broad SMARTS) is 1. The lowest BCUT2D eigenvalue weighted by Crippen LogP contribution is -2.37. The molecule has 2 atom stereocenters. The first-order valence-corrected chi connectivity index (χ1v) is 6.52. The third-order valence-corrected chi connectivity index (χ3v) is 3.53. The van der Waals surface area contributed by atoms with Crippen molar-refractivity contribution < 1.29 is 19.8 Å². The second kappa shape index (κ2) is 5.40. The number of benzene rings is 1. The van der Waals surface area contributed by atoms with Gasteiger partial charge in [0.15, 0.2) is 0 Å². The molecule has 1 aliphatic heterocycles. The molecule has 0 bridgehead atoms. The molecule has 1 aromatic carbocycles. The van der Waals surface area contributed by atoms with E-state index in [0.29, 0.717) is 12.5 Å². The Morgan fingerprint density at radius 2 is 2.05 bits per heavy atom. The maximum atomic E-state index is 12.1. The highest BCUT2D eigenvalue weighted by molar-refractivity contribution is 5.93. The van der Waals surface area contributed by atoms with Crippen molar-refractivity contribution in [1.29, 1.82) is 0 Å². The highest BCUT2D eigenvalue weighted by atomic mass is 16.4. The Morgan fingerprint density at radius 1 is 1.35 bits per heavy atom. The summed E-state index contributed by atoms with van der Waals surface area (Å²) in [6.07, 6.45) is 0.956. The number of anilines is 1. The van der Waals surface area contributed by atoms with Gasteiger partial charge in [-0.05, 0) is 37.5 Å². The maximum Gasteiger partial charge on any atom is 0.335 e. The molecular weight excluding hydrogens is 260 g/mol. The molecule has 0 aliphatic carbocycles. The lowest BCUT2D eigenvalue weighted by Gasteiger charge is -2.22. The molecule has 2 unspecified atom stereocenters. The Morgan fingerprint density at radius 3 is 2.55 bits per heavy atom. The van der Waals surface area contributed by atoms with Crippen molar-refractivity contribution in [2.24, 2.45) is 5.92 Å². The number of hydrogen-bond acceptors (Lipinski definition) is 3. The smallest absolute Gasteiger partial charge is 0.335 e. The van der Waals surface area contributed by atoms with Gasteiger partial charge in [0, 0.05) is 12.6 Å². The number of carboxylic acids is 1. The van der Waals surface area contributed by atoms with Gasteiger partial charge in [0.25, 0.3) is 0 Å². The van der Waals surface area contributed by atoms with Crippen LogP contribution >= 0.6 is 0 Å². The third kappa shape index (κ3) is 2.84. The predicted molar refractivity (Wildman–Crippen MR) is 74.0 cm³/mol. The monoisotopic (exact) mass is 278 g/mol. The summed E-state index contributed by atoms with van der Waals surface area (Å²) in [6.45, 7) is 4.75. The molecule has 3 N–H and O–H groups in total. The Balaban J connectivity index is 2.10. The number of carbonyl (C=O) groups excluding carboxylic acids is 1. The first-order valence-electron chi connectivity index (χ1n) is 6.52. The SMILES string of the molecule is CC1CC(C)N(C(=O)Nc2ccc(C(=O)O)cc2O)C1. The molecule has 6 nitrogen and oxygen atoms in total. The van der Waals surface area contributed by atoms with Crippen molar-refractivity contribution >= 4 is 17.7 Å². The van der Waals surface area contributed by atoms with E-state index in [1.54, 1.807) is 4.90 Å². The Kier molecular flexibility index (Phi) is 3.83. The molecule has 108 valence electrons. The lowest BCUT2D eigenvalue weighted by molar-refractivity contribution is 0.0696. The third-order valence-electron chi connectivity index (χ3n) is 3.53. The van der Waals surface area contributed by atoms with Gasteiger partial charge in [0.1, 0.15) is 5.75 Å². The largest absolute Gasteiger partial charge is 0.506 e. The summed E-state index contributed by atoms with van der Waals surface area (Å²) in [7, 11) is 0. The molecule has 1 saturated heterocycles. The van der Waals surface area contributed by atoms with Gasteiger partial charge in [-0.3, -0.25) is 0 Å². The van der Waals surface area contributed by atoms with Crippen LogP contribution in [-0.2, 0) is 0 Å². The van der Waals surface area contributed by atoms with Gasteiger partial charge in [0.05, 0.1) is 11.3 Å². The molecule has 2 amide bonds. The van der Waals surface area contributed by atoms with Crippen molar-refractivity contribution in [2.45, 2.75) is 26.3 Å². The second-order valence-corrected chi connectivity index (χ2v) is 5.31. The van der Waals surface area contributed by atoms with E-state index in [-0.39, 0.29) is 29.1 Å². The zero-order valence-electron chi connectivity index (χ0n) is 11.5. The number of likely N-dealkylation sites (tertiary alicyclic amines) is 1. The number of urea groups is 1. The molecule has 1 aliphatic rings. The number of aromatic carboxylic acids is 1. The number of phenols is 1. The summed E-state index contributed by atoms with van der Waals surface area (Å²) in [5.41, 5.74) is 0.190. The van der Waals surface area contributed by atoms with E-state index in [9.17, 15) is 14.7 Å². The van der Waals surface area contributed by atoms with Crippen molar-refractivity contribution in [2.75, 3.05) is 11.9 Å². The number of hydrogen-bond donors (Lipinski definition) is 3. The van der Waals surface area contributed by atoms with Crippen molar-refractivity contribution in [3.63, 3.8) is 0 Å². The van der Waals surface area contributed by atoms with Crippen LogP contribution in [0.4, 0.5) is 10.5 Å². The average molecular weight is 278 g/mol. The van der Waals surface area contributed by atoms with Crippen molar-refractivity contribution in [3.8, 4) is 5.75 Å². The summed E-state index contributed by atoms with van der Waals surface area (Å²) < 4.78 is 0. The van der Waals surface area contributed by atoms with Crippen molar-refractivity contribution in [3.05, 3.63) is 23.8 Å². The first kappa shape index (κ1) is 14.2. The molecule has 6 heteroatoms. The number of nitrogens with zero attached hydrogens (tertiary/aromatic N) is 1. The minimum atomic E-state index is -1.12. The fourth-order valence-corrected chi connectivity index (χ4v) is 2.54. The van der Waals surface area contributed by atoms with Crippen molar-refractivity contribution in [1.82, 2.24) is 4.90 Å². The van der Waals surface area contributed by atoms with E-state index < -0.39 is 5.97 Å². The van der Waals surface area contributed by atoms with Gasteiger partial charge >= 0.3 is 12.0 Å². The van der Waals surface area contributed by atoms with Crippen LogP contribution in [0.3, 0.4) is 0 Å². The minimum Gasteiger partial charge on any atom is -0.506 e. The van der Waals surface area contributed by atoms with Gasteiger partial charge < -0.3 is 20.4 Å². The molecule has 20 heavy (non-hydrogen) atoms. The average Bonchev–Trinajstić information content (AvgIpc) is 2.70. The molecule has 2 rings (SSSR count). The molecule has 1 heterocycles. The van der Waals surface area contributed by atoms with Crippen LogP contribution in [0.15, 0.2) is 18.2 Å². The van der Waals surface area contributed by atoms with E-state index in [1.165, 1.54) is 12.1 Å². The number of aromatic hydroxyl groups is 1. The summed E-state index contributed by atoms with van der Waals surface area (Å²) in [5.74, 6) is -0.919. The summed E-state index contributed by atoms with van der Waals surface area (Å²) in [5, 5.41) is 21.2. The normalized spacial score (nSPS) is 21.8. The highest BCUT2D eigenvalue weighted by Gasteiger charge is 2.30. The second-order valence-electron chi connectivity index (χ2n) is 5.31. The molecule has 0 aromatic heterocycles. The van der Waals surface area contributed by atoms with E-state index in [1.807, 2.05) is 6.92 Å². The molecule has 0 saturated carbocycles. The van der Waals surface area contributed by atoms with Gasteiger partial charge in [-0.15, -0.1) is 0 Å². The number of phenolic OH excluding ortho intramolecular Hbond substituents is 1. The van der Waals surface area contributed by atoms with Gasteiger partial charge in [0.2, 0.25) is 0 Å². The standard InChI is InChI=1S/C14H18N2O4/c1-8-5-9(2)16(7-8)14(20)15-11-4-3-10(13(18)19)6-12(11)17/h3-4,6,8-9,17H,5,7H2,1-2H3,(H,15,20)(H,18,19). The van der Waals surface area contributed by atoms with E-state index in [0.717, 1.165) is 12.5 Å². The fraction of sp³-hybridized carbons (Fsp3) is 0.429. The molecular formula is C14H18N2O4. The first-order chi connectivity index (χ1) is 9.38. The van der Waals surface area contributed by atoms with Gasteiger partial charge in [-0.2, -0.15) is 0 Å². The molecule has 0 radical (unpaired) electrons. The summed E-state index contributed by atoms with van der Waals surface area (Å²) in [6, 6.07) is 3.73. The van der Waals surface area contributed by atoms with Gasteiger partial charge in [-0.25, -0.2) is 9.59 Å². The fourth-order valence-electron chi connectivity index (χ4n) is 2.54. The maximum absolute atomic E-state index is 12.1.